The first-order chi connectivity index (χ1) is 30.2. The van der Waals surface area contributed by atoms with Crippen molar-refractivity contribution in [3.63, 3.8) is 0 Å². The molecule has 0 spiro atoms. The molecule has 0 aliphatic carbocycles. The molecule has 0 N–H and O–H groups in total. The number of benzene rings is 9. The monoisotopic (exact) mass is 777 g/mol. The maximum absolute atomic E-state index is 7.28. The van der Waals surface area contributed by atoms with Crippen molar-refractivity contribution < 1.29 is 4.42 Å². The molecule has 4 heteroatoms. The zero-order chi connectivity index (χ0) is 40.3. The van der Waals surface area contributed by atoms with E-state index in [-0.39, 0.29) is 0 Å². The van der Waals surface area contributed by atoms with Crippen molar-refractivity contribution in [1.82, 2.24) is 15.0 Å². The Balaban J connectivity index is 1.15. The van der Waals surface area contributed by atoms with E-state index in [0.717, 1.165) is 83.7 Å². The van der Waals surface area contributed by atoms with E-state index >= 15 is 0 Å². The van der Waals surface area contributed by atoms with Crippen LogP contribution in [0.25, 0.3) is 122 Å². The van der Waals surface area contributed by atoms with E-state index in [0.29, 0.717) is 5.82 Å². The van der Waals surface area contributed by atoms with Gasteiger partial charge in [0.05, 0.1) is 16.9 Å². The van der Waals surface area contributed by atoms with Crippen molar-refractivity contribution in [2.75, 3.05) is 0 Å². The number of pyridine rings is 1. The summed E-state index contributed by atoms with van der Waals surface area (Å²) in [4.78, 5) is 15.5. The molecule has 0 bridgehead atoms. The van der Waals surface area contributed by atoms with E-state index in [1.807, 2.05) is 42.5 Å². The molecule has 0 fully saturated rings. The van der Waals surface area contributed by atoms with Crippen LogP contribution in [-0.2, 0) is 0 Å². The number of furan rings is 1. The van der Waals surface area contributed by atoms with Crippen LogP contribution in [0.15, 0.2) is 217 Å². The zero-order valence-electron chi connectivity index (χ0n) is 33.0. The first kappa shape index (κ1) is 34.8. The molecule has 0 unspecified atom stereocenters. The summed E-state index contributed by atoms with van der Waals surface area (Å²) in [6.07, 6.45) is 0. The van der Waals surface area contributed by atoms with Crippen LogP contribution in [-0.4, -0.2) is 15.0 Å². The lowest BCUT2D eigenvalue weighted by molar-refractivity contribution is 0.632. The Morgan fingerprint density at radius 1 is 0.311 bits per heavy atom. The van der Waals surface area contributed by atoms with Gasteiger partial charge < -0.3 is 4.42 Å². The molecular weight excluding hydrogens is 743 g/mol. The van der Waals surface area contributed by atoms with Crippen LogP contribution in [0.2, 0.25) is 0 Å². The molecule has 3 heterocycles. The van der Waals surface area contributed by atoms with Crippen molar-refractivity contribution in [2.45, 2.75) is 0 Å². The Bertz CT molecular complexity index is 3540. The Hall–Kier alpha value is -8.21. The van der Waals surface area contributed by atoms with E-state index in [1.165, 1.54) is 32.3 Å². The van der Waals surface area contributed by atoms with Crippen LogP contribution in [0.4, 0.5) is 0 Å². The standard InChI is InChI=1S/C57H35N3O/c1-4-17-36(18-5-1)50-35-51(60-57(59-50)38-21-8-3-9-22-38)39-23-16-24-41(33-39)55-52(53-47-29-14-15-30-49(47)58-54(56(53)61-55)37-19-6-2-7-20-37)40-31-32-46-44-27-11-10-25-42(44)43-26-12-13-28-45(43)48(46)34-40/h1-35H. The summed E-state index contributed by atoms with van der Waals surface area (Å²) in [5.41, 5.74) is 11.2. The molecule has 12 rings (SSSR count). The van der Waals surface area contributed by atoms with Gasteiger partial charge in [-0.05, 0) is 62.1 Å². The first-order valence-electron chi connectivity index (χ1n) is 20.6. The predicted octanol–water partition coefficient (Wildman–Crippen LogP) is 15.2. The third kappa shape index (κ3) is 5.88. The molecule has 0 aliphatic heterocycles. The summed E-state index contributed by atoms with van der Waals surface area (Å²) in [5, 5.41) is 9.45. The minimum absolute atomic E-state index is 0.674. The minimum atomic E-state index is 0.674. The molecule has 0 amide bonds. The fourth-order valence-corrected chi connectivity index (χ4v) is 9.03. The average Bonchev–Trinajstić information content (AvgIpc) is 3.76. The van der Waals surface area contributed by atoms with Crippen molar-refractivity contribution in [3.05, 3.63) is 212 Å². The molecule has 0 saturated heterocycles. The van der Waals surface area contributed by atoms with Gasteiger partial charge in [0.25, 0.3) is 0 Å². The zero-order valence-corrected chi connectivity index (χ0v) is 33.0. The highest BCUT2D eigenvalue weighted by Crippen LogP contribution is 2.48. The summed E-state index contributed by atoms with van der Waals surface area (Å²) < 4.78 is 7.28. The van der Waals surface area contributed by atoms with Gasteiger partial charge >= 0.3 is 0 Å². The second kappa shape index (κ2) is 14.3. The van der Waals surface area contributed by atoms with Crippen molar-refractivity contribution in [1.29, 1.82) is 0 Å². The number of fused-ring (bicyclic) bond motifs is 9. The maximum atomic E-state index is 7.28. The number of nitrogens with zero attached hydrogens (tertiary/aromatic N) is 3. The van der Waals surface area contributed by atoms with Crippen LogP contribution in [0.1, 0.15) is 0 Å². The number of hydrogen-bond acceptors (Lipinski definition) is 4. The highest BCUT2D eigenvalue weighted by atomic mass is 16.3. The summed E-state index contributed by atoms with van der Waals surface area (Å²) in [5.74, 6) is 1.45. The van der Waals surface area contributed by atoms with Gasteiger partial charge in [-0.15, -0.1) is 0 Å². The number of aromatic nitrogens is 3. The lowest BCUT2D eigenvalue weighted by Crippen LogP contribution is -1.96. The largest absolute Gasteiger partial charge is 0.453 e. The molecule has 3 aromatic heterocycles. The molecule has 284 valence electrons. The molecule has 0 saturated carbocycles. The Labute approximate surface area is 352 Å². The quantitative estimate of drug-likeness (QED) is 0.158. The van der Waals surface area contributed by atoms with Gasteiger partial charge in [0.2, 0.25) is 0 Å². The topological polar surface area (TPSA) is 51.8 Å². The lowest BCUT2D eigenvalue weighted by Gasteiger charge is -2.13. The molecular formula is C57H35N3O. The van der Waals surface area contributed by atoms with E-state index in [2.05, 4.69) is 170 Å². The van der Waals surface area contributed by atoms with E-state index in [1.54, 1.807) is 0 Å². The fraction of sp³-hybridized carbons (Fsp3) is 0. The normalized spacial score (nSPS) is 11.6. The summed E-state index contributed by atoms with van der Waals surface area (Å²) in [7, 11) is 0. The number of rotatable bonds is 6. The van der Waals surface area contributed by atoms with Crippen LogP contribution < -0.4 is 0 Å². The fourth-order valence-electron chi connectivity index (χ4n) is 9.03. The first-order valence-corrected chi connectivity index (χ1v) is 20.6. The van der Waals surface area contributed by atoms with Gasteiger partial charge in [0.1, 0.15) is 11.5 Å². The number of para-hydroxylation sites is 1. The van der Waals surface area contributed by atoms with Gasteiger partial charge in [-0.25, -0.2) is 15.0 Å². The van der Waals surface area contributed by atoms with Gasteiger partial charge in [-0.3, -0.25) is 0 Å². The van der Waals surface area contributed by atoms with Gasteiger partial charge in [-0.2, -0.15) is 0 Å². The van der Waals surface area contributed by atoms with Crippen LogP contribution >= 0.6 is 0 Å². The molecule has 0 atom stereocenters. The van der Waals surface area contributed by atoms with E-state index < -0.39 is 0 Å². The predicted molar refractivity (Wildman–Crippen MR) is 252 cm³/mol. The molecule has 0 aliphatic rings. The van der Waals surface area contributed by atoms with Crippen LogP contribution in [0, 0.1) is 0 Å². The Morgan fingerprint density at radius 2 is 0.820 bits per heavy atom. The highest BCUT2D eigenvalue weighted by molar-refractivity contribution is 6.26. The summed E-state index contributed by atoms with van der Waals surface area (Å²) in [6, 6.07) is 74.3. The van der Waals surface area contributed by atoms with Crippen LogP contribution in [0.5, 0.6) is 0 Å². The molecule has 4 nitrogen and oxygen atoms in total. The summed E-state index contributed by atoms with van der Waals surface area (Å²) >= 11 is 0. The highest BCUT2D eigenvalue weighted by Gasteiger charge is 2.25. The third-order valence-electron chi connectivity index (χ3n) is 11.9. The lowest BCUT2D eigenvalue weighted by atomic mass is 9.90. The third-order valence-corrected chi connectivity index (χ3v) is 11.9. The molecule has 9 aromatic carbocycles. The van der Waals surface area contributed by atoms with Gasteiger partial charge in [0.15, 0.2) is 11.4 Å². The van der Waals surface area contributed by atoms with Gasteiger partial charge in [-0.1, -0.05) is 188 Å². The molecule has 0 radical (unpaired) electrons. The minimum Gasteiger partial charge on any atom is -0.453 e. The SMILES string of the molecule is c1ccc(-c2cc(-c3cccc(-c4oc5c(-c6ccccc6)nc6ccccc6c5c4-c4ccc5c6ccccc6c6ccccc6c5c4)c3)nc(-c3ccccc3)n2)cc1. The smallest absolute Gasteiger partial charge is 0.162 e. The van der Waals surface area contributed by atoms with Gasteiger partial charge in [0, 0.05) is 44.2 Å². The Kier molecular flexibility index (Phi) is 8.13. The average molecular weight is 778 g/mol. The second-order valence-electron chi connectivity index (χ2n) is 15.5. The van der Waals surface area contributed by atoms with Crippen molar-refractivity contribution in [2.24, 2.45) is 0 Å². The Morgan fingerprint density at radius 3 is 1.49 bits per heavy atom. The maximum Gasteiger partial charge on any atom is 0.162 e. The van der Waals surface area contributed by atoms with E-state index in [4.69, 9.17) is 19.4 Å². The second-order valence-corrected chi connectivity index (χ2v) is 15.5. The van der Waals surface area contributed by atoms with Crippen molar-refractivity contribution in [3.8, 4) is 67.6 Å². The van der Waals surface area contributed by atoms with Crippen LogP contribution in [0.3, 0.4) is 0 Å². The van der Waals surface area contributed by atoms with Crippen molar-refractivity contribution >= 4 is 54.2 Å². The molecule has 12 aromatic rings. The summed E-state index contributed by atoms with van der Waals surface area (Å²) in [6.45, 7) is 0. The number of hydrogen-bond donors (Lipinski definition) is 0. The van der Waals surface area contributed by atoms with E-state index in [9.17, 15) is 0 Å². The molecule has 61 heavy (non-hydrogen) atoms.